The van der Waals surface area contributed by atoms with Gasteiger partial charge >= 0.3 is 0 Å². The van der Waals surface area contributed by atoms with Crippen LogP contribution in [0.5, 0.6) is 5.75 Å². The third kappa shape index (κ3) is 6.56. The van der Waals surface area contributed by atoms with Crippen molar-refractivity contribution in [1.29, 1.82) is 0 Å². The summed E-state index contributed by atoms with van der Waals surface area (Å²) in [5, 5.41) is 3.02. The van der Waals surface area contributed by atoms with Gasteiger partial charge in [-0.05, 0) is 36.8 Å². The summed E-state index contributed by atoms with van der Waals surface area (Å²) in [5.74, 6) is 0.888. The van der Waals surface area contributed by atoms with Gasteiger partial charge in [-0.15, -0.1) is 0 Å². The van der Waals surface area contributed by atoms with Gasteiger partial charge in [0.15, 0.2) is 0 Å². The average molecular weight is 362 g/mol. The molecule has 0 aromatic heterocycles. The Labute approximate surface area is 135 Å². The second kappa shape index (κ2) is 10.3. The van der Waals surface area contributed by atoms with Crippen LogP contribution in [0.2, 0.25) is 0 Å². The number of methoxy groups -OCH3 is 1. The first kappa shape index (κ1) is 18.4. The van der Waals surface area contributed by atoms with Gasteiger partial charge in [-0.2, -0.15) is 0 Å². The number of hydrogen-bond donors (Lipinski definition) is 1. The fourth-order valence-electron chi connectivity index (χ4n) is 1.48. The molecule has 20 heavy (non-hydrogen) atoms. The molecular formula is C17H21NOPd. The quantitative estimate of drug-likeness (QED) is 0.815. The minimum atomic E-state index is 0. The zero-order chi connectivity index (χ0) is 14.1. The molecule has 0 aliphatic carbocycles. The molecule has 0 fully saturated rings. The van der Waals surface area contributed by atoms with Gasteiger partial charge in [-0.1, -0.05) is 42.5 Å². The number of rotatable bonds is 3. The fourth-order valence-corrected chi connectivity index (χ4v) is 1.48. The zero-order valence-electron chi connectivity index (χ0n) is 12.1. The van der Waals surface area contributed by atoms with Crippen LogP contribution in [0.4, 0.5) is 5.69 Å². The number of allylic oxidation sites excluding steroid dienone is 1. The molecule has 2 rings (SSSR count). The molecule has 0 aliphatic heterocycles. The van der Waals surface area contributed by atoms with Gasteiger partial charge in [0, 0.05) is 33.2 Å². The summed E-state index contributed by atoms with van der Waals surface area (Å²) in [7, 11) is 3.55. The summed E-state index contributed by atoms with van der Waals surface area (Å²) in [4.78, 5) is 0. The average Bonchev–Trinajstić information content (AvgIpc) is 2.49. The molecule has 2 nitrogen and oxygen atoms in total. The molecule has 0 amide bonds. The second-order valence-corrected chi connectivity index (χ2v) is 4.12. The van der Waals surface area contributed by atoms with Crippen molar-refractivity contribution < 1.29 is 25.2 Å². The van der Waals surface area contributed by atoms with E-state index in [-0.39, 0.29) is 20.4 Å². The first-order chi connectivity index (χ1) is 9.17. The van der Waals surface area contributed by atoms with Crippen molar-refractivity contribution in [3.8, 4) is 5.75 Å². The maximum Gasteiger partial charge on any atom is 0.119 e. The summed E-state index contributed by atoms with van der Waals surface area (Å²) in [5.41, 5.74) is 3.44. The van der Waals surface area contributed by atoms with E-state index in [9.17, 15) is 0 Å². The van der Waals surface area contributed by atoms with E-state index in [1.165, 1.54) is 5.56 Å². The van der Waals surface area contributed by atoms with Gasteiger partial charge in [-0.3, -0.25) is 0 Å². The Balaban J connectivity index is 0.000000345. The van der Waals surface area contributed by atoms with Crippen LogP contribution in [0.15, 0.2) is 61.2 Å². The Bertz CT molecular complexity index is 471. The Morgan fingerprint density at radius 3 is 1.90 bits per heavy atom. The minimum Gasteiger partial charge on any atom is -0.497 e. The van der Waals surface area contributed by atoms with Crippen molar-refractivity contribution in [3.05, 3.63) is 66.7 Å². The predicted octanol–water partition coefficient (Wildman–Crippen LogP) is 4.45. The summed E-state index contributed by atoms with van der Waals surface area (Å²) in [6.45, 7) is 5.83. The van der Waals surface area contributed by atoms with Gasteiger partial charge in [0.2, 0.25) is 0 Å². The van der Waals surface area contributed by atoms with Gasteiger partial charge in [-0.25, -0.2) is 0 Å². The van der Waals surface area contributed by atoms with Crippen LogP contribution in [0.3, 0.4) is 0 Å². The van der Waals surface area contributed by atoms with E-state index in [4.69, 9.17) is 4.74 Å². The maximum absolute atomic E-state index is 4.99. The van der Waals surface area contributed by atoms with Crippen molar-refractivity contribution in [2.45, 2.75) is 6.92 Å². The first-order valence-corrected chi connectivity index (χ1v) is 6.20. The summed E-state index contributed by atoms with van der Waals surface area (Å²) in [6, 6.07) is 17.9. The van der Waals surface area contributed by atoms with Crippen molar-refractivity contribution in [3.63, 3.8) is 0 Å². The third-order valence-electron chi connectivity index (χ3n) is 2.65. The molecule has 0 saturated heterocycles. The third-order valence-corrected chi connectivity index (χ3v) is 2.65. The van der Waals surface area contributed by atoms with E-state index in [0.29, 0.717) is 0 Å². The van der Waals surface area contributed by atoms with Crippen molar-refractivity contribution in [2.24, 2.45) is 0 Å². The molecule has 1 N–H and O–H groups in total. The van der Waals surface area contributed by atoms with Gasteiger partial charge in [0.25, 0.3) is 0 Å². The number of hydrogen-bond acceptors (Lipinski definition) is 2. The Morgan fingerprint density at radius 2 is 1.55 bits per heavy atom. The monoisotopic (exact) mass is 361 g/mol. The molecule has 0 atom stereocenters. The molecule has 2 aromatic carbocycles. The predicted molar refractivity (Wildman–Crippen MR) is 83.7 cm³/mol. The van der Waals surface area contributed by atoms with Crippen molar-refractivity contribution in [2.75, 3.05) is 19.5 Å². The summed E-state index contributed by atoms with van der Waals surface area (Å²) < 4.78 is 4.99. The largest absolute Gasteiger partial charge is 0.497 e. The maximum atomic E-state index is 4.99. The topological polar surface area (TPSA) is 21.3 Å². The van der Waals surface area contributed by atoms with E-state index in [1.54, 1.807) is 7.11 Å². The van der Waals surface area contributed by atoms with E-state index >= 15 is 0 Å². The standard InChI is InChI=1S/C9H10.C8H11NO.Pd/c1-8(2)9-6-4-3-5-7-9;1-9-7-3-5-8(10-2)6-4-7;/h3-7H,1H2,2H3;3-6,9H,1-2H3;. The van der Waals surface area contributed by atoms with E-state index in [1.807, 2.05) is 56.4 Å². The second-order valence-electron chi connectivity index (χ2n) is 4.12. The Hall–Kier alpha value is -1.56. The first-order valence-electron chi connectivity index (χ1n) is 6.20. The van der Waals surface area contributed by atoms with Crippen LogP contribution in [0, 0.1) is 0 Å². The van der Waals surface area contributed by atoms with Crippen LogP contribution in [0.1, 0.15) is 12.5 Å². The molecule has 110 valence electrons. The zero-order valence-corrected chi connectivity index (χ0v) is 13.7. The smallest absolute Gasteiger partial charge is 0.119 e. The molecule has 0 radical (unpaired) electrons. The van der Waals surface area contributed by atoms with Gasteiger partial charge in [0.1, 0.15) is 5.75 Å². The van der Waals surface area contributed by atoms with Gasteiger partial charge in [0.05, 0.1) is 7.11 Å². The summed E-state index contributed by atoms with van der Waals surface area (Å²) >= 11 is 0. The van der Waals surface area contributed by atoms with Crippen LogP contribution in [-0.2, 0) is 20.4 Å². The molecule has 0 unspecified atom stereocenters. The number of benzene rings is 2. The fraction of sp³-hybridized carbons (Fsp3) is 0.176. The van der Waals surface area contributed by atoms with Crippen molar-refractivity contribution >= 4 is 11.3 Å². The van der Waals surface area contributed by atoms with E-state index in [2.05, 4.69) is 24.0 Å². The molecular weight excluding hydrogens is 341 g/mol. The number of anilines is 1. The summed E-state index contributed by atoms with van der Waals surface area (Å²) in [6.07, 6.45) is 0. The molecule has 2 aromatic rings. The number of ether oxygens (including phenoxy) is 1. The Morgan fingerprint density at radius 1 is 1.00 bits per heavy atom. The molecule has 0 heterocycles. The van der Waals surface area contributed by atoms with Crippen LogP contribution in [0.25, 0.3) is 5.57 Å². The number of nitrogens with one attached hydrogen (secondary N) is 1. The SMILES string of the molecule is C=C(C)c1ccccc1.CNc1ccc(OC)cc1.[Pd]. The molecule has 3 heteroatoms. The van der Waals surface area contributed by atoms with Crippen LogP contribution >= 0.6 is 0 Å². The normalized spacial score (nSPS) is 8.55. The molecule has 0 bridgehead atoms. The van der Waals surface area contributed by atoms with Crippen molar-refractivity contribution in [1.82, 2.24) is 0 Å². The Kier molecular flexibility index (Phi) is 9.46. The minimum absolute atomic E-state index is 0. The van der Waals surface area contributed by atoms with E-state index < -0.39 is 0 Å². The van der Waals surface area contributed by atoms with Crippen LogP contribution < -0.4 is 10.1 Å². The van der Waals surface area contributed by atoms with Gasteiger partial charge < -0.3 is 10.1 Å². The molecule has 0 saturated carbocycles. The molecule has 0 aliphatic rings. The van der Waals surface area contributed by atoms with Crippen LogP contribution in [-0.4, -0.2) is 14.2 Å². The molecule has 0 spiro atoms. The van der Waals surface area contributed by atoms with E-state index in [0.717, 1.165) is 17.0 Å².